The Balaban J connectivity index is 2.35. The molecular formula is C15H16BrNO2. The summed E-state index contributed by atoms with van der Waals surface area (Å²) in [4.78, 5) is 4.10. The van der Waals surface area contributed by atoms with Gasteiger partial charge in [-0.2, -0.15) is 0 Å². The van der Waals surface area contributed by atoms with Crippen molar-refractivity contribution in [1.82, 2.24) is 4.98 Å². The number of aliphatic hydroxyl groups excluding tert-OH is 1. The van der Waals surface area contributed by atoms with Crippen LogP contribution < -0.4 is 4.74 Å². The molecule has 1 N–H and O–H groups in total. The van der Waals surface area contributed by atoms with E-state index in [0.717, 1.165) is 21.2 Å². The Morgan fingerprint density at radius 1 is 1.37 bits per heavy atom. The van der Waals surface area contributed by atoms with Crippen LogP contribution in [0.15, 0.2) is 41.1 Å². The Bertz CT molecular complexity index is 572. The van der Waals surface area contributed by atoms with Crippen molar-refractivity contribution in [1.29, 1.82) is 0 Å². The van der Waals surface area contributed by atoms with Crippen molar-refractivity contribution >= 4 is 15.9 Å². The van der Waals surface area contributed by atoms with Crippen LogP contribution in [0.4, 0.5) is 0 Å². The summed E-state index contributed by atoms with van der Waals surface area (Å²) in [7, 11) is 0. The van der Waals surface area contributed by atoms with Crippen molar-refractivity contribution < 1.29 is 9.84 Å². The zero-order valence-corrected chi connectivity index (χ0v) is 12.5. The molecule has 1 aromatic carbocycles. The highest BCUT2D eigenvalue weighted by molar-refractivity contribution is 9.10. The van der Waals surface area contributed by atoms with Crippen LogP contribution in [0.1, 0.15) is 29.7 Å². The molecule has 2 rings (SSSR count). The van der Waals surface area contributed by atoms with E-state index in [1.165, 1.54) is 0 Å². The third-order valence-corrected chi connectivity index (χ3v) is 3.96. The molecule has 2 aromatic rings. The molecule has 0 aliphatic heterocycles. The maximum atomic E-state index is 10.5. The number of aryl methyl sites for hydroxylation is 1. The van der Waals surface area contributed by atoms with Gasteiger partial charge in [0, 0.05) is 16.2 Å². The number of hydrogen-bond acceptors (Lipinski definition) is 3. The van der Waals surface area contributed by atoms with E-state index in [9.17, 15) is 5.11 Å². The molecule has 100 valence electrons. The first kappa shape index (κ1) is 14.0. The third kappa shape index (κ3) is 3.14. The fraction of sp³-hybridized carbons (Fsp3) is 0.267. The van der Waals surface area contributed by atoms with Crippen molar-refractivity contribution in [2.45, 2.75) is 20.0 Å². The maximum absolute atomic E-state index is 10.5. The van der Waals surface area contributed by atoms with E-state index < -0.39 is 6.10 Å². The molecule has 0 saturated heterocycles. The topological polar surface area (TPSA) is 42.4 Å². The van der Waals surface area contributed by atoms with Gasteiger partial charge in [-0.25, -0.2) is 0 Å². The SMILES string of the molecule is CCOc1cncc(C(O)c2cccc(C)c2Br)c1. The van der Waals surface area contributed by atoms with Gasteiger partial charge in [0.25, 0.3) is 0 Å². The molecule has 0 saturated carbocycles. The fourth-order valence-corrected chi connectivity index (χ4v) is 2.37. The quantitative estimate of drug-likeness (QED) is 0.935. The molecule has 0 amide bonds. The van der Waals surface area contributed by atoms with Gasteiger partial charge < -0.3 is 9.84 Å². The molecule has 0 aliphatic rings. The molecule has 3 nitrogen and oxygen atoms in total. The molecule has 0 bridgehead atoms. The van der Waals surface area contributed by atoms with Crippen molar-refractivity contribution in [2.24, 2.45) is 0 Å². The fourth-order valence-electron chi connectivity index (χ4n) is 1.89. The highest BCUT2D eigenvalue weighted by Gasteiger charge is 2.15. The van der Waals surface area contributed by atoms with Gasteiger partial charge in [-0.15, -0.1) is 0 Å². The van der Waals surface area contributed by atoms with Crippen LogP contribution in [-0.4, -0.2) is 16.7 Å². The second-order valence-corrected chi connectivity index (χ2v) is 5.06. The van der Waals surface area contributed by atoms with E-state index in [4.69, 9.17) is 4.74 Å². The Labute approximate surface area is 121 Å². The number of halogens is 1. The monoisotopic (exact) mass is 321 g/mol. The number of benzene rings is 1. The van der Waals surface area contributed by atoms with Crippen LogP contribution in [0.25, 0.3) is 0 Å². The van der Waals surface area contributed by atoms with Crippen LogP contribution in [0.2, 0.25) is 0 Å². The zero-order valence-electron chi connectivity index (χ0n) is 10.9. The summed E-state index contributed by atoms with van der Waals surface area (Å²) in [6.45, 7) is 4.49. The molecule has 0 fully saturated rings. The lowest BCUT2D eigenvalue weighted by molar-refractivity contribution is 0.218. The standard InChI is InChI=1S/C15H16BrNO2/c1-3-19-12-7-11(8-17-9-12)15(18)13-6-4-5-10(2)14(13)16/h4-9,15,18H,3H2,1-2H3. The van der Waals surface area contributed by atoms with E-state index in [-0.39, 0.29) is 0 Å². The van der Waals surface area contributed by atoms with Crippen molar-refractivity contribution in [2.75, 3.05) is 6.61 Å². The zero-order chi connectivity index (χ0) is 13.8. The van der Waals surface area contributed by atoms with Gasteiger partial charge in [0.2, 0.25) is 0 Å². The van der Waals surface area contributed by atoms with Crippen LogP contribution in [0.5, 0.6) is 5.75 Å². The molecular weight excluding hydrogens is 306 g/mol. The van der Waals surface area contributed by atoms with Gasteiger partial charge in [-0.05, 0) is 31.0 Å². The lowest BCUT2D eigenvalue weighted by Gasteiger charge is -2.15. The minimum absolute atomic E-state index is 0.579. The minimum atomic E-state index is -0.720. The second-order valence-electron chi connectivity index (χ2n) is 4.27. The summed E-state index contributed by atoms with van der Waals surface area (Å²) in [5.41, 5.74) is 2.64. The average molecular weight is 322 g/mol. The molecule has 0 spiro atoms. The van der Waals surface area contributed by atoms with Gasteiger partial charge in [-0.1, -0.05) is 34.1 Å². The molecule has 0 radical (unpaired) electrons. The van der Waals surface area contributed by atoms with Crippen LogP contribution in [-0.2, 0) is 0 Å². The van der Waals surface area contributed by atoms with Crippen molar-refractivity contribution in [3.8, 4) is 5.75 Å². The highest BCUT2D eigenvalue weighted by atomic mass is 79.9. The van der Waals surface area contributed by atoms with Crippen LogP contribution >= 0.6 is 15.9 Å². The van der Waals surface area contributed by atoms with Gasteiger partial charge in [-0.3, -0.25) is 4.98 Å². The van der Waals surface area contributed by atoms with Gasteiger partial charge in [0.05, 0.1) is 12.8 Å². The van der Waals surface area contributed by atoms with Crippen LogP contribution in [0, 0.1) is 6.92 Å². The van der Waals surface area contributed by atoms with Gasteiger partial charge in [0.1, 0.15) is 11.9 Å². The smallest absolute Gasteiger partial charge is 0.137 e. The lowest BCUT2D eigenvalue weighted by atomic mass is 10.0. The molecule has 4 heteroatoms. The largest absolute Gasteiger partial charge is 0.492 e. The highest BCUT2D eigenvalue weighted by Crippen LogP contribution is 2.31. The average Bonchev–Trinajstić information content (AvgIpc) is 2.42. The molecule has 1 heterocycles. The molecule has 0 aliphatic carbocycles. The second kappa shape index (κ2) is 6.17. The van der Waals surface area contributed by atoms with Gasteiger partial charge >= 0.3 is 0 Å². The summed E-state index contributed by atoms with van der Waals surface area (Å²) in [6.07, 6.45) is 2.58. The Hall–Kier alpha value is -1.39. The first-order valence-electron chi connectivity index (χ1n) is 6.14. The summed E-state index contributed by atoms with van der Waals surface area (Å²) in [6, 6.07) is 7.64. The van der Waals surface area contributed by atoms with E-state index >= 15 is 0 Å². The van der Waals surface area contributed by atoms with Gasteiger partial charge in [0.15, 0.2) is 0 Å². The first-order chi connectivity index (χ1) is 9.13. The molecule has 1 aromatic heterocycles. The Kier molecular flexibility index (Phi) is 4.56. The summed E-state index contributed by atoms with van der Waals surface area (Å²) < 4.78 is 6.32. The first-order valence-corrected chi connectivity index (χ1v) is 6.93. The van der Waals surface area contributed by atoms with E-state index in [1.54, 1.807) is 12.4 Å². The Morgan fingerprint density at radius 2 is 2.16 bits per heavy atom. The molecule has 19 heavy (non-hydrogen) atoms. The van der Waals surface area contributed by atoms with Crippen molar-refractivity contribution in [3.63, 3.8) is 0 Å². The minimum Gasteiger partial charge on any atom is -0.492 e. The molecule has 1 atom stereocenters. The van der Waals surface area contributed by atoms with Crippen LogP contribution in [0.3, 0.4) is 0 Å². The maximum Gasteiger partial charge on any atom is 0.137 e. The number of pyridine rings is 1. The number of nitrogens with zero attached hydrogens (tertiary/aromatic N) is 1. The number of rotatable bonds is 4. The van der Waals surface area contributed by atoms with E-state index in [2.05, 4.69) is 20.9 Å². The predicted octanol–water partition coefficient (Wildman–Crippen LogP) is 3.63. The lowest BCUT2D eigenvalue weighted by Crippen LogP contribution is -2.03. The number of aromatic nitrogens is 1. The summed E-state index contributed by atoms with van der Waals surface area (Å²) in [5.74, 6) is 0.669. The van der Waals surface area contributed by atoms with E-state index in [0.29, 0.717) is 12.4 Å². The number of hydrogen-bond donors (Lipinski definition) is 1. The predicted molar refractivity (Wildman–Crippen MR) is 78.3 cm³/mol. The third-order valence-electron chi connectivity index (χ3n) is 2.88. The number of ether oxygens (including phenoxy) is 1. The number of aliphatic hydroxyl groups is 1. The summed E-state index contributed by atoms with van der Waals surface area (Å²) in [5, 5.41) is 10.5. The molecule has 1 unspecified atom stereocenters. The Morgan fingerprint density at radius 3 is 2.89 bits per heavy atom. The van der Waals surface area contributed by atoms with E-state index in [1.807, 2.05) is 38.1 Å². The normalized spacial score (nSPS) is 12.2. The summed E-state index contributed by atoms with van der Waals surface area (Å²) >= 11 is 3.52. The van der Waals surface area contributed by atoms with Crippen molar-refractivity contribution in [3.05, 3.63) is 57.8 Å².